The first-order chi connectivity index (χ1) is 6.87. The minimum atomic E-state index is -0.0302. The van der Waals surface area contributed by atoms with E-state index >= 15 is 0 Å². The van der Waals surface area contributed by atoms with E-state index in [0.29, 0.717) is 11.0 Å². The summed E-state index contributed by atoms with van der Waals surface area (Å²) in [6.45, 7) is 6.62. The van der Waals surface area contributed by atoms with Gasteiger partial charge in [0.2, 0.25) is 0 Å². The van der Waals surface area contributed by atoms with E-state index in [1.54, 1.807) is 10.8 Å². The molecule has 1 aromatic heterocycles. The Hall–Kier alpha value is -0.290. The Morgan fingerprint density at radius 2 is 2.20 bits per heavy atom. The van der Waals surface area contributed by atoms with Gasteiger partial charge in [-0.3, -0.25) is 9.36 Å². The largest absolute Gasteiger partial charge is 0.295 e. The van der Waals surface area contributed by atoms with Crippen molar-refractivity contribution in [3.05, 3.63) is 26.8 Å². The van der Waals surface area contributed by atoms with Gasteiger partial charge in [-0.05, 0) is 34.0 Å². The zero-order chi connectivity index (χ0) is 11.6. The van der Waals surface area contributed by atoms with Crippen molar-refractivity contribution < 1.29 is 0 Å². The number of halogens is 1. The minimum absolute atomic E-state index is 0.0137. The second-order valence-electron chi connectivity index (χ2n) is 4.37. The highest BCUT2D eigenvalue weighted by atomic mass is 79.9. The van der Waals surface area contributed by atoms with Crippen LogP contribution in [0.25, 0.3) is 0 Å². The van der Waals surface area contributed by atoms with E-state index in [-0.39, 0.29) is 11.0 Å². The SMILES string of the molecule is Cc1ncc(Br)c(=O)n1CC(C)(C)CS. The Labute approximate surface area is 103 Å². The maximum Gasteiger partial charge on any atom is 0.267 e. The van der Waals surface area contributed by atoms with Gasteiger partial charge in [0, 0.05) is 12.7 Å². The summed E-state index contributed by atoms with van der Waals surface area (Å²) in [6, 6.07) is 0. The summed E-state index contributed by atoms with van der Waals surface area (Å²) in [6.07, 6.45) is 1.54. The molecule has 0 aromatic carbocycles. The van der Waals surface area contributed by atoms with Crippen molar-refractivity contribution in [3.8, 4) is 0 Å². The summed E-state index contributed by atoms with van der Waals surface area (Å²) >= 11 is 7.47. The molecule has 1 aromatic rings. The van der Waals surface area contributed by atoms with Crippen molar-refractivity contribution in [1.29, 1.82) is 0 Å². The Morgan fingerprint density at radius 3 is 2.73 bits per heavy atom. The molecule has 0 aliphatic carbocycles. The van der Waals surface area contributed by atoms with Gasteiger partial charge in [-0.2, -0.15) is 12.6 Å². The molecular weight excluding hydrogens is 276 g/mol. The maximum atomic E-state index is 11.8. The monoisotopic (exact) mass is 290 g/mol. The third kappa shape index (κ3) is 3.08. The molecule has 0 saturated carbocycles. The molecule has 0 N–H and O–H groups in total. The molecule has 0 amide bonds. The lowest BCUT2D eigenvalue weighted by molar-refractivity contribution is 0.340. The highest BCUT2D eigenvalue weighted by molar-refractivity contribution is 9.10. The van der Waals surface area contributed by atoms with E-state index in [0.717, 1.165) is 11.6 Å². The van der Waals surface area contributed by atoms with Crippen LogP contribution in [0.15, 0.2) is 15.5 Å². The Bertz CT molecular complexity index is 414. The maximum absolute atomic E-state index is 11.8. The van der Waals surface area contributed by atoms with Gasteiger partial charge in [-0.15, -0.1) is 0 Å². The Morgan fingerprint density at radius 1 is 1.60 bits per heavy atom. The van der Waals surface area contributed by atoms with Crippen LogP contribution in [0, 0.1) is 12.3 Å². The quantitative estimate of drug-likeness (QED) is 0.867. The smallest absolute Gasteiger partial charge is 0.267 e. The molecule has 0 radical (unpaired) electrons. The standard InChI is InChI=1S/C10H15BrN2OS/c1-7-12-4-8(11)9(14)13(7)5-10(2,3)6-15/h4,15H,5-6H2,1-3H3. The first-order valence-electron chi connectivity index (χ1n) is 4.70. The normalized spacial score (nSPS) is 11.8. The molecule has 0 saturated heterocycles. The number of aryl methyl sites for hydroxylation is 1. The van der Waals surface area contributed by atoms with Crippen LogP contribution in [-0.4, -0.2) is 15.3 Å². The fourth-order valence-corrected chi connectivity index (χ4v) is 1.63. The van der Waals surface area contributed by atoms with Crippen molar-refractivity contribution in [2.75, 3.05) is 5.75 Å². The number of hydrogen-bond acceptors (Lipinski definition) is 3. The van der Waals surface area contributed by atoms with Crippen LogP contribution in [0.4, 0.5) is 0 Å². The fourth-order valence-electron chi connectivity index (χ4n) is 1.22. The zero-order valence-electron chi connectivity index (χ0n) is 9.12. The molecule has 0 fully saturated rings. The molecule has 1 rings (SSSR count). The summed E-state index contributed by atoms with van der Waals surface area (Å²) in [5.41, 5.74) is -0.0439. The Balaban J connectivity index is 3.15. The summed E-state index contributed by atoms with van der Waals surface area (Å²) in [5, 5.41) is 0. The van der Waals surface area contributed by atoms with Gasteiger partial charge in [-0.25, -0.2) is 4.98 Å². The number of rotatable bonds is 3. The van der Waals surface area contributed by atoms with E-state index in [9.17, 15) is 4.79 Å². The van der Waals surface area contributed by atoms with E-state index in [1.807, 2.05) is 6.92 Å². The molecule has 15 heavy (non-hydrogen) atoms. The predicted octanol–water partition coefficient (Wildman–Crippen LogP) is 2.27. The van der Waals surface area contributed by atoms with Crippen molar-refractivity contribution >= 4 is 28.6 Å². The molecule has 0 bridgehead atoms. The Kier molecular flexibility index (Phi) is 4.00. The topological polar surface area (TPSA) is 34.9 Å². The molecule has 0 aliphatic heterocycles. The van der Waals surface area contributed by atoms with Crippen molar-refractivity contribution in [1.82, 2.24) is 9.55 Å². The van der Waals surface area contributed by atoms with Gasteiger partial charge in [0.05, 0.1) is 0 Å². The first-order valence-corrected chi connectivity index (χ1v) is 6.13. The van der Waals surface area contributed by atoms with Crippen LogP contribution < -0.4 is 5.56 Å². The van der Waals surface area contributed by atoms with E-state index in [1.165, 1.54) is 0 Å². The average Bonchev–Trinajstić information content (AvgIpc) is 2.19. The lowest BCUT2D eigenvalue weighted by Gasteiger charge is -2.24. The van der Waals surface area contributed by atoms with Crippen LogP contribution in [0.1, 0.15) is 19.7 Å². The summed E-state index contributed by atoms with van der Waals surface area (Å²) < 4.78 is 2.18. The number of nitrogens with zero attached hydrogens (tertiary/aromatic N) is 2. The highest BCUT2D eigenvalue weighted by Crippen LogP contribution is 2.19. The molecule has 0 unspecified atom stereocenters. The molecule has 0 aliphatic rings. The fraction of sp³-hybridized carbons (Fsp3) is 0.600. The van der Waals surface area contributed by atoms with Crippen LogP contribution >= 0.6 is 28.6 Å². The van der Waals surface area contributed by atoms with E-state index < -0.39 is 0 Å². The summed E-state index contributed by atoms with van der Waals surface area (Å²) in [7, 11) is 0. The number of aromatic nitrogens is 2. The third-order valence-corrected chi connectivity index (χ3v) is 3.62. The minimum Gasteiger partial charge on any atom is -0.295 e. The van der Waals surface area contributed by atoms with E-state index in [2.05, 4.69) is 47.4 Å². The van der Waals surface area contributed by atoms with E-state index in [4.69, 9.17) is 0 Å². The molecule has 1 heterocycles. The lowest BCUT2D eigenvalue weighted by atomic mass is 9.96. The predicted molar refractivity (Wildman–Crippen MR) is 68.6 cm³/mol. The molecule has 0 spiro atoms. The van der Waals surface area contributed by atoms with Crippen molar-refractivity contribution in [2.45, 2.75) is 27.3 Å². The number of hydrogen-bond donors (Lipinski definition) is 1. The molecule has 84 valence electrons. The second kappa shape index (κ2) is 4.70. The van der Waals surface area contributed by atoms with Crippen LogP contribution in [0.5, 0.6) is 0 Å². The summed E-state index contributed by atoms with van der Waals surface area (Å²) in [4.78, 5) is 16.0. The molecule has 5 heteroatoms. The highest BCUT2D eigenvalue weighted by Gasteiger charge is 2.19. The average molecular weight is 291 g/mol. The lowest BCUT2D eigenvalue weighted by Crippen LogP contribution is -2.32. The molecular formula is C10H15BrN2OS. The molecule has 3 nitrogen and oxygen atoms in total. The number of thiol groups is 1. The van der Waals surface area contributed by atoms with Gasteiger partial charge in [0.15, 0.2) is 0 Å². The zero-order valence-corrected chi connectivity index (χ0v) is 11.6. The van der Waals surface area contributed by atoms with Crippen LogP contribution in [-0.2, 0) is 6.54 Å². The van der Waals surface area contributed by atoms with Gasteiger partial charge >= 0.3 is 0 Å². The van der Waals surface area contributed by atoms with Gasteiger partial charge in [-0.1, -0.05) is 13.8 Å². The van der Waals surface area contributed by atoms with Gasteiger partial charge < -0.3 is 0 Å². The third-order valence-electron chi connectivity index (χ3n) is 2.22. The van der Waals surface area contributed by atoms with Crippen LogP contribution in [0.2, 0.25) is 0 Å². The molecule has 0 atom stereocenters. The van der Waals surface area contributed by atoms with Gasteiger partial charge in [0.1, 0.15) is 10.3 Å². The summed E-state index contributed by atoms with van der Waals surface area (Å²) in [5.74, 6) is 1.46. The van der Waals surface area contributed by atoms with Crippen molar-refractivity contribution in [3.63, 3.8) is 0 Å². The van der Waals surface area contributed by atoms with Gasteiger partial charge in [0.25, 0.3) is 5.56 Å². The second-order valence-corrected chi connectivity index (χ2v) is 5.54. The van der Waals surface area contributed by atoms with Crippen molar-refractivity contribution in [2.24, 2.45) is 5.41 Å². The van der Waals surface area contributed by atoms with Crippen LogP contribution in [0.3, 0.4) is 0 Å². The first kappa shape index (κ1) is 12.8.